The normalized spacial score (nSPS) is 11.8. The quantitative estimate of drug-likeness (QED) is 0.399. The van der Waals surface area contributed by atoms with E-state index >= 15 is 0 Å². The first-order valence-corrected chi connectivity index (χ1v) is 12.3. The van der Waals surface area contributed by atoms with Gasteiger partial charge in [0.15, 0.2) is 6.61 Å². The van der Waals surface area contributed by atoms with Crippen molar-refractivity contribution in [3.8, 4) is 10.8 Å². The minimum Gasteiger partial charge on any atom is -0.454 e. The molecule has 0 aliphatic heterocycles. The van der Waals surface area contributed by atoms with Gasteiger partial charge in [0.25, 0.3) is 17.7 Å². The van der Waals surface area contributed by atoms with Crippen LogP contribution in [-0.4, -0.2) is 52.1 Å². The summed E-state index contributed by atoms with van der Waals surface area (Å²) >= 11 is 1.48. The van der Waals surface area contributed by atoms with E-state index in [1.165, 1.54) is 16.2 Å². The molecule has 3 aromatic rings. The largest absolute Gasteiger partial charge is 0.454 e. The second kappa shape index (κ2) is 12.3. The number of esters is 1. The molecular weight excluding hydrogens is 468 g/mol. The van der Waals surface area contributed by atoms with Crippen LogP contribution in [0.2, 0.25) is 0 Å². The van der Waals surface area contributed by atoms with Gasteiger partial charge in [0.1, 0.15) is 6.04 Å². The number of nitrogens with one attached hydrogen (secondary N) is 1. The highest BCUT2D eigenvalue weighted by atomic mass is 32.1. The van der Waals surface area contributed by atoms with E-state index in [9.17, 15) is 14.4 Å². The lowest BCUT2D eigenvalue weighted by Crippen LogP contribution is -2.46. The number of thiophene rings is 1. The van der Waals surface area contributed by atoms with Crippen molar-refractivity contribution in [1.82, 2.24) is 20.4 Å². The number of hydrogen-bond acceptors (Lipinski definition) is 8. The molecule has 0 fully saturated rings. The van der Waals surface area contributed by atoms with Crippen LogP contribution < -0.4 is 5.32 Å². The Balaban J connectivity index is 1.59. The molecule has 0 aliphatic carbocycles. The lowest BCUT2D eigenvalue weighted by atomic mass is 10.0. The number of carbonyl (C=O) groups is 3. The monoisotopic (exact) mass is 498 g/mol. The van der Waals surface area contributed by atoms with Crippen LogP contribution in [0.3, 0.4) is 0 Å². The average Bonchev–Trinajstić information content (AvgIpc) is 3.52. The molecule has 2 aromatic heterocycles. The third-order valence-electron chi connectivity index (χ3n) is 5.20. The number of rotatable bonds is 11. The molecule has 3 rings (SSSR count). The highest BCUT2D eigenvalue weighted by Crippen LogP contribution is 2.23. The molecule has 0 radical (unpaired) electrons. The Kier molecular flexibility index (Phi) is 9.13. The molecule has 0 bridgehead atoms. The fourth-order valence-electron chi connectivity index (χ4n) is 3.37. The summed E-state index contributed by atoms with van der Waals surface area (Å²) in [5, 5.41) is 12.7. The minimum atomic E-state index is -0.889. The van der Waals surface area contributed by atoms with Crippen molar-refractivity contribution < 1.29 is 23.5 Å². The third-order valence-corrected chi connectivity index (χ3v) is 6.05. The molecule has 0 saturated carbocycles. The standard InChI is InChI=1S/C25H30N4O5S/c1-5-11-29(14-20-27-28-24(34-20)19-10-7-12-35-19)21(30)15-33-25(32)22(16(2)3)26-23(31)18-9-6-8-17(4)13-18/h6-10,12-13,16,22H,5,11,14-15H2,1-4H3,(H,26,31)/t22-/m0/s1. The SMILES string of the molecule is CCCN(Cc1nnc(-c2cccs2)o1)C(=O)COC(=O)[C@@H](NC(=O)c1cccc(C)c1)C(C)C. The number of aryl methyl sites for hydroxylation is 1. The summed E-state index contributed by atoms with van der Waals surface area (Å²) in [6, 6.07) is 9.96. The molecule has 2 heterocycles. The highest BCUT2D eigenvalue weighted by Gasteiger charge is 2.28. The van der Waals surface area contributed by atoms with Gasteiger partial charge in [0.2, 0.25) is 5.89 Å². The van der Waals surface area contributed by atoms with Crippen LogP contribution in [0.4, 0.5) is 0 Å². The first-order valence-electron chi connectivity index (χ1n) is 11.5. The van der Waals surface area contributed by atoms with Gasteiger partial charge in [-0.1, -0.05) is 44.5 Å². The van der Waals surface area contributed by atoms with E-state index < -0.39 is 18.6 Å². The molecule has 0 unspecified atom stereocenters. The van der Waals surface area contributed by atoms with E-state index in [1.54, 1.807) is 32.0 Å². The van der Waals surface area contributed by atoms with E-state index in [-0.39, 0.29) is 24.3 Å². The van der Waals surface area contributed by atoms with Gasteiger partial charge in [0, 0.05) is 12.1 Å². The summed E-state index contributed by atoms with van der Waals surface area (Å²) in [6.07, 6.45) is 0.701. The molecule has 1 atom stereocenters. The molecule has 1 aromatic carbocycles. The van der Waals surface area contributed by atoms with E-state index in [1.807, 2.05) is 37.4 Å². The molecule has 2 amide bonds. The first kappa shape index (κ1) is 26.1. The Morgan fingerprint density at radius 2 is 1.97 bits per heavy atom. The van der Waals surface area contributed by atoms with Crippen molar-refractivity contribution in [2.24, 2.45) is 5.92 Å². The van der Waals surface area contributed by atoms with Crippen molar-refractivity contribution in [2.45, 2.75) is 46.7 Å². The lowest BCUT2D eigenvalue weighted by Gasteiger charge is -2.23. The number of benzene rings is 1. The molecule has 186 valence electrons. The Morgan fingerprint density at radius 1 is 1.17 bits per heavy atom. The van der Waals surface area contributed by atoms with Gasteiger partial charge in [-0.15, -0.1) is 21.5 Å². The molecule has 0 saturated heterocycles. The maximum atomic E-state index is 12.8. The summed E-state index contributed by atoms with van der Waals surface area (Å²) in [6.45, 7) is 7.52. The topological polar surface area (TPSA) is 115 Å². The van der Waals surface area contributed by atoms with Crippen molar-refractivity contribution >= 4 is 29.1 Å². The van der Waals surface area contributed by atoms with Crippen molar-refractivity contribution in [3.05, 3.63) is 58.8 Å². The highest BCUT2D eigenvalue weighted by molar-refractivity contribution is 7.13. The molecular formula is C25H30N4O5S. The van der Waals surface area contributed by atoms with Crippen LogP contribution in [0.25, 0.3) is 10.8 Å². The van der Waals surface area contributed by atoms with Crippen LogP contribution in [0.1, 0.15) is 49.0 Å². The zero-order chi connectivity index (χ0) is 25.4. The Labute approximate surface area is 208 Å². The van der Waals surface area contributed by atoms with Gasteiger partial charge in [-0.05, 0) is 42.8 Å². The van der Waals surface area contributed by atoms with Gasteiger partial charge in [0.05, 0.1) is 11.4 Å². The van der Waals surface area contributed by atoms with Crippen molar-refractivity contribution in [1.29, 1.82) is 0 Å². The number of hydrogen-bond donors (Lipinski definition) is 1. The van der Waals surface area contributed by atoms with Crippen LogP contribution in [0, 0.1) is 12.8 Å². The number of aromatic nitrogens is 2. The fraction of sp³-hybridized carbons (Fsp3) is 0.400. The maximum Gasteiger partial charge on any atom is 0.329 e. The Morgan fingerprint density at radius 3 is 2.63 bits per heavy atom. The van der Waals surface area contributed by atoms with Gasteiger partial charge in [-0.25, -0.2) is 4.79 Å². The van der Waals surface area contributed by atoms with Gasteiger partial charge >= 0.3 is 5.97 Å². The van der Waals surface area contributed by atoms with Crippen LogP contribution in [0.15, 0.2) is 46.2 Å². The van der Waals surface area contributed by atoms with Gasteiger partial charge in [-0.2, -0.15) is 0 Å². The molecule has 0 spiro atoms. The summed E-state index contributed by atoms with van der Waals surface area (Å²) in [7, 11) is 0. The smallest absolute Gasteiger partial charge is 0.329 e. The number of nitrogens with zero attached hydrogens (tertiary/aromatic N) is 3. The molecule has 35 heavy (non-hydrogen) atoms. The first-order chi connectivity index (χ1) is 16.8. The summed E-state index contributed by atoms with van der Waals surface area (Å²) in [5.41, 5.74) is 1.39. The molecule has 9 nitrogen and oxygen atoms in total. The van der Waals surface area contributed by atoms with Crippen LogP contribution in [-0.2, 0) is 20.9 Å². The Hall–Kier alpha value is -3.53. The lowest BCUT2D eigenvalue weighted by molar-refractivity contribution is -0.154. The second-order valence-corrected chi connectivity index (χ2v) is 9.41. The summed E-state index contributed by atoms with van der Waals surface area (Å²) in [5.74, 6) is -0.956. The van der Waals surface area contributed by atoms with E-state index in [0.717, 1.165) is 10.4 Å². The predicted molar refractivity (Wildman–Crippen MR) is 132 cm³/mol. The van der Waals surface area contributed by atoms with Gasteiger partial charge < -0.3 is 19.4 Å². The van der Waals surface area contributed by atoms with Crippen molar-refractivity contribution in [2.75, 3.05) is 13.2 Å². The molecule has 0 aliphatic rings. The second-order valence-electron chi connectivity index (χ2n) is 8.47. The third kappa shape index (κ3) is 7.22. The van der Waals surface area contributed by atoms with Crippen LogP contribution in [0.5, 0.6) is 0 Å². The molecule has 10 heteroatoms. The summed E-state index contributed by atoms with van der Waals surface area (Å²) in [4.78, 5) is 40.5. The number of ether oxygens (including phenoxy) is 1. The van der Waals surface area contributed by atoms with E-state index in [4.69, 9.17) is 9.15 Å². The average molecular weight is 499 g/mol. The number of carbonyl (C=O) groups excluding carboxylic acids is 3. The summed E-state index contributed by atoms with van der Waals surface area (Å²) < 4.78 is 11.0. The van der Waals surface area contributed by atoms with E-state index in [2.05, 4.69) is 15.5 Å². The fourth-order valence-corrected chi connectivity index (χ4v) is 4.01. The van der Waals surface area contributed by atoms with E-state index in [0.29, 0.717) is 30.3 Å². The van der Waals surface area contributed by atoms with Crippen LogP contribution >= 0.6 is 11.3 Å². The predicted octanol–water partition coefficient (Wildman–Crippen LogP) is 3.84. The maximum absolute atomic E-state index is 12.8. The van der Waals surface area contributed by atoms with Gasteiger partial charge in [-0.3, -0.25) is 9.59 Å². The van der Waals surface area contributed by atoms with Crippen molar-refractivity contribution in [3.63, 3.8) is 0 Å². The Bertz CT molecular complexity index is 1140. The zero-order valence-electron chi connectivity index (χ0n) is 20.3. The zero-order valence-corrected chi connectivity index (χ0v) is 21.1. The minimum absolute atomic E-state index is 0.111. The number of amides is 2. The molecule has 1 N–H and O–H groups in total.